The van der Waals surface area contributed by atoms with Crippen LogP contribution in [-0.4, -0.2) is 0 Å². The molecule has 2 rings (SSSR count). The van der Waals surface area contributed by atoms with Crippen molar-refractivity contribution < 1.29 is 4.39 Å². The minimum absolute atomic E-state index is 0.264. The lowest BCUT2D eigenvalue weighted by Gasteiger charge is -2.04. The highest BCUT2D eigenvalue weighted by molar-refractivity contribution is 7.99. The molecule has 0 aliphatic carbocycles. The maximum Gasteiger partial charge on any atom is 0.123 e. The Bertz CT molecular complexity index is 575. The molecule has 0 saturated carbocycles. The average Bonchev–Trinajstić information content (AvgIpc) is 2.34. The van der Waals surface area contributed by atoms with E-state index < -0.39 is 0 Å². The highest BCUT2D eigenvalue weighted by Crippen LogP contribution is 2.33. The largest absolute Gasteiger partial charge is 0.207 e. The van der Waals surface area contributed by atoms with Crippen LogP contribution in [0.15, 0.2) is 52.3 Å². The van der Waals surface area contributed by atoms with Crippen LogP contribution in [0.4, 0.5) is 4.39 Å². The van der Waals surface area contributed by atoms with E-state index in [0.717, 1.165) is 9.79 Å². The standard InChI is InChI=1S/C13H7ClFNS/c14-12-7-9(8-16)1-6-13(12)17-11-4-2-10(15)3-5-11/h1-7H. The van der Waals surface area contributed by atoms with E-state index >= 15 is 0 Å². The van der Waals surface area contributed by atoms with Crippen molar-refractivity contribution in [2.24, 2.45) is 0 Å². The van der Waals surface area contributed by atoms with Gasteiger partial charge >= 0.3 is 0 Å². The molecule has 2 aromatic carbocycles. The molecule has 0 amide bonds. The van der Waals surface area contributed by atoms with Crippen molar-refractivity contribution in [1.82, 2.24) is 0 Å². The first-order chi connectivity index (χ1) is 8.19. The summed E-state index contributed by atoms with van der Waals surface area (Å²) in [4.78, 5) is 1.75. The van der Waals surface area contributed by atoms with Gasteiger partial charge in [0.05, 0.1) is 16.7 Å². The Balaban J connectivity index is 2.25. The minimum atomic E-state index is -0.264. The molecule has 2 aromatic rings. The Labute approximate surface area is 108 Å². The Hall–Kier alpha value is -1.50. The number of hydrogen-bond donors (Lipinski definition) is 0. The van der Waals surface area contributed by atoms with Crippen LogP contribution in [0.5, 0.6) is 0 Å². The molecule has 4 heteroatoms. The SMILES string of the molecule is N#Cc1ccc(Sc2ccc(F)cc2)c(Cl)c1. The van der Waals surface area contributed by atoms with Gasteiger partial charge in [0.2, 0.25) is 0 Å². The van der Waals surface area contributed by atoms with E-state index in [9.17, 15) is 4.39 Å². The van der Waals surface area contributed by atoms with Crippen LogP contribution in [0.25, 0.3) is 0 Å². The van der Waals surface area contributed by atoms with Gasteiger partial charge in [-0.25, -0.2) is 4.39 Å². The average molecular weight is 264 g/mol. The first kappa shape index (κ1) is 12.0. The lowest BCUT2D eigenvalue weighted by Crippen LogP contribution is -1.79. The molecule has 0 saturated heterocycles. The van der Waals surface area contributed by atoms with E-state index in [4.69, 9.17) is 16.9 Å². The van der Waals surface area contributed by atoms with Crippen LogP contribution in [0, 0.1) is 17.1 Å². The molecule has 84 valence electrons. The third kappa shape index (κ3) is 3.00. The van der Waals surface area contributed by atoms with Gasteiger partial charge in [-0.15, -0.1) is 0 Å². The molecule has 0 heterocycles. The second-order valence-electron chi connectivity index (χ2n) is 3.31. The molecule has 0 aliphatic rings. The number of hydrogen-bond acceptors (Lipinski definition) is 2. The molecule has 0 aromatic heterocycles. The minimum Gasteiger partial charge on any atom is -0.207 e. The van der Waals surface area contributed by atoms with Crippen LogP contribution in [0.3, 0.4) is 0 Å². The van der Waals surface area contributed by atoms with E-state index in [1.807, 2.05) is 6.07 Å². The van der Waals surface area contributed by atoms with E-state index in [-0.39, 0.29) is 5.82 Å². The van der Waals surface area contributed by atoms with Gasteiger partial charge in [0.25, 0.3) is 0 Å². The van der Waals surface area contributed by atoms with Crippen molar-refractivity contribution in [3.63, 3.8) is 0 Å². The van der Waals surface area contributed by atoms with Crippen molar-refractivity contribution in [2.75, 3.05) is 0 Å². The molecule has 0 bridgehead atoms. The summed E-state index contributed by atoms with van der Waals surface area (Å²) in [7, 11) is 0. The van der Waals surface area contributed by atoms with Gasteiger partial charge in [-0.05, 0) is 42.5 Å². The van der Waals surface area contributed by atoms with Gasteiger partial charge in [0.15, 0.2) is 0 Å². The van der Waals surface area contributed by atoms with E-state index in [1.54, 1.807) is 30.3 Å². The molecular formula is C13H7ClFNS. The molecule has 0 unspecified atom stereocenters. The highest BCUT2D eigenvalue weighted by Gasteiger charge is 2.04. The number of halogens is 2. The maximum atomic E-state index is 12.7. The Morgan fingerprint density at radius 2 is 1.82 bits per heavy atom. The smallest absolute Gasteiger partial charge is 0.123 e. The summed E-state index contributed by atoms with van der Waals surface area (Å²) in [6.07, 6.45) is 0. The first-order valence-corrected chi connectivity index (χ1v) is 6.01. The lowest BCUT2D eigenvalue weighted by atomic mass is 10.2. The Morgan fingerprint density at radius 3 is 2.41 bits per heavy atom. The third-order valence-electron chi connectivity index (χ3n) is 2.10. The second kappa shape index (κ2) is 5.22. The van der Waals surface area contributed by atoms with E-state index in [0.29, 0.717) is 10.6 Å². The van der Waals surface area contributed by atoms with Gasteiger partial charge < -0.3 is 0 Å². The Kier molecular flexibility index (Phi) is 3.68. The predicted octanol–water partition coefficient (Wildman–Crippen LogP) is 4.50. The zero-order chi connectivity index (χ0) is 12.3. The summed E-state index contributed by atoms with van der Waals surface area (Å²) in [5.41, 5.74) is 0.526. The molecular weight excluding hydrogens is 257 g/mol. The van der Waals surface area contributed by atoms with Gasteiger partial charge in [-0.1, -0.05) is 23.4 Å². The number of nitrogens with zero attached hydrogens (tertiary/aromatic N) is 1. The van der Waals surface area contributed by atoms with Gasteiger partial charge in [-0.2, -0.15) is 5.26 Å². The molecule has 0 spiro atoms. The van der Waals surface area contributed by atoms with Crippen molar-refractivity contribution >= 4 is 23.4 Å². The van der Waals surface area contributed by atoms with Crippen molar-refractivity contribution in [2.45, 2.75) is 9.79 Å². The fraction of sp³-hybridized carbons (Fsp3) is 0. The summed E-state index contributed by atoms with van der Waals surface area (Å²) in [5.74, 6) is -0.264. The summed E-state index contributed by atoms with van der Waals surface area (Å²) < 4.78 is 12.7. The van der Waals surface area contributed by atoms with E-state index in [2.05, 4.69) is 0 Å². The van der Waals surface area contributed by atoms with Crippen molar-refractivity contribution in [1.29, 1.82) is 5.26 Å². The number of rotatable bonds is 2. The summed E-state index contributed by atoms with van der Waals surface area (Å²) in [6.45, 7) is 0. The van der Waals surface area contributed by atoms with Crippen LogP contribution in [0.1, 0.15) is 5.56 Å². The van der Waals surface area contributed by atoms with Gasteiger partial charge in [0.1, 0.15) is 5.82 Å². The zero-order valence-corrected chi connectivity index (χ0v) is 10.2. The van der Waals surface area contributed by atoms with Crippen LogP contribution in [0.2, 0.25) is 5.02 Å². The summed E-state index contributed by atoms with van der Waals surface area (Å²) in [6, 6.07) is 13.3. The highest BCUT2D eigenvalue weighted by atomic mass is 35.5. The van der Waals surface area contributed by atoms with Crippen LogP contribution < -0.4 is 0 Å². The first-order valence-electron chi connectivity index (χ1n) is 4.82. The quantitative estimate of drug-likeness (QED) is 0.796. The molecule has 0 N–H and O–H groups in total. The fourth-order valence-corrected chi connectivity index (χ4v) is 2.40. The van der Waals surface area contributed by atoms with Gasteiger partial charge in [-0.3, -0.25) is 0 Å². The second-order valence-corrected chi connectivity index (χ2v) is 4.84. The topological polar surface area (TPSA) is 23.8 Å². The molecule has 0 radical (unpaired) electrons. The fourth-order valence-electron chi connectivity index (χ4n) is 1.28. The van der Waals surface area contributed by atoms with Crippen molar-refractivity contribution in [3.8, 4) is 6.07 Å². The Morgan fingerprint density at radius 1 is 1.12 bits per heavy atom. The number of benzene rings is 2. The van der Waals surface area contributed by atoms with Gasteiger partial charge in [0, 0.05) is 9.79 Å². The maximum absolute atomic E-state index is 12.7. The third-order valence-corrected chi connectivity index (χ3v) is 3.61. The monoisotopic (exact) mass is 263 g/mol. The molecule has 0 atom stereocenters. The molecule has 17 heavy (non-hydrogen) atoms. The van der Waals surface area contributed by atoms with Crippen molar-refractivity contribution in [3.05, 3.63) is 58.9 Å². The summed E-state index contributed by atoms with van der Waals surface area (Å²) in [5, 5.41) is 9.24. The molecule has 0 aliphatic heterocycles. The lowest BCUT2D eigenvalue weighted by molar-refractivity contribution is 0.626. The normalized spacial score (nSPS) is 9.94. The predicted molar refractivity (Wildman–Crippen MR) is 66.7 cm³/mol. The zero-order valence-electron chi connectivity index (χ0n) is 8.65. The van der Waals surface area contributed by atoms with Crippen LogP contribution >= 0.6 is 23.4 Å². The molecule has 0 fully saturated rings. The summed E-state index contributed by atoms with van der Waals surface area (Å²) >= 11 is 7.48. The van der Waals surface area contributed by atoms with E-state index in [1.165, 1.54) is 23.9 Å². The molecule has 1 nitrogen and oxygen atoms in total. The van der Waals surface area contributed by atoms with Crippen LogP contribution in [-0.2, 0) is 0 Å². The number of nitriles is 1.